The highest BCUT2D eigenvalue weighted by Crippen LogP contribution is 2.42. The first-order valence-corrected chi connectivity index (χ1v) is 16.1. The number of ether oxygens (including phenoxy) is 1. The van der Waals surface area contributed by atoms with Crippen LogP contribution in [0.5, 0.6) is 5.75 Å². The quantitative estimate of drug-likeness (QED) is 0.156. The third kappa shape index (κ3) is 9.17. The van der Waals surface area contributed by atoms with E-state index in [9.17, 15) is 0 Å². The summed E-state index contributed by atoms with van der Waals surface area (Å²) in [4.78, 5) is 5.28. The summed E-state index contributed by atoms with van der Waals surface area (Å²) in [5.41, 5.74) is 12.2. The molecule has 0 amide bonds. The maximum atomic E-state index is 6.82. The predicted octanol–water partition coefficient (Wildman–Crippen LogP) is 11.8. The van der Waals surface area contributed by atoms with Crippen LogP contribution in [0, 0.1) is 13.8 Å². The first-order valence-electron chi connectivity index (χ1n) is 16.1. The summed E-state index contributed by atoms with van der Waals surface area (Å²) in [7, 11) is 0. The number of nitrogens with zero attached hydrogens (tertiary/aromatic N) is 1. The zero-order valence-electron chi connectivity index (χ0n) is 27.6. The highest BCUT2D eigenvalue weighted by molar-refractivity contribution is 6.14. The topological polar surface area (TPSA) is 21.6 Å². The van der Waals surface area contributed by atoms with Crippen molar-refractivity contribution in [1.82, 2.24) is 0 Å². The van der Waals surface area contributed by atoms with E-state index in [1.165, 1.54) is 39.8 Å². The highest BCUT2D eigenvalue weighted by Gasteiger charge is 2.32. The van der Waals surface area contributed by atoms with Gasteiger partial charge in [0.25, 0.3) is 0 Å². The van der Waals surface area contributed by atoms with Crippen LogP contribution in [0.1, 0.15) is 107 Å². The molecule has 0 radical (unpaired) electrons. The van der Waals surface area contributed by atoms with Crippen molar-refractivity contribution in [2.24, 2.45) is 4.99 Å². The Morgan fingerprint density at radius 2 is 1.33 bits per heavy atom. The normalized spacial score (nSPS) is 16.7. The van der Waals surface area contributed by atoms with Gasteiger partial charge in [-0.25, -0.2) is 4.99 Å². The van der Waals surface area contributed by atoms with E-state index in [-0.39, 0.29) is 5.60 Å². The summed E-state index contributed by atoms with van der Waals surface area (Å²) in [6, 6.07) is 23.3. The first kappa shape index (κ1) is 32.3. The maximum absolute atomic E-state index is 6.82. The fraction of sp³-hybridized carbons (Fsp3) is 0.390. The minimum Gasteiger partial charge on any atom is -0.487 e. The molecule has 0 fully saturated rings. The predicted molar refractivity (Wildman–Crippen MR) is 186 cm³/mol. The molecule has 0 N–H and O–H groups in total. The molecule has 226 valence electrons. The second-order valence-electron chi connectivity index (χ2n) is 12.9. The van der Waals surface area contributed by atoms with Crippen LogP contribution in [0.25, 0.3) is 0 Å². The van der Waals surface area contributed by atoms with Crippen molar-refractivity contribution >= 4 is 11.4 Å². The van der Waals surface area contributed by atoms with E-state index < -0.39 is 0 Å². The van der Waals surface area contributed by atoms with Crippen LogP contribution in [0.4, 0.5) is 5.69 Å². The Hall–Kier alpha value is -3.65. The van der Waals surface area contributed by atoms with Crippen molar-refractivity contribution in [3.8, 4) is 5.75 Å². The van der Waals surface area contributed by atoms with E-state index in [4.69, 9.17) is 9.73 Å². The number of hydrogen-bond donors (Lipinski definition) is 0. The lowest BCUT2D eigenvalue weighted by molar-refractivity contribution is 0.0562. The van der Waals surface area contributed by atoms with Gasteiger partial charge < -0.3 is 4.74 Å². The Labute approximate surface area is 261 Å². The van der Waals surface area contributed by atoms with Crippen LogP contribution in [-0.2, 0) is 6.42 Å². The minimum absolute atomic E-state index is 0.146. The first-order chi connectivity index (χ1) is 20.6. The number of aliphatic imine (C=N–C) groups is 1. The second kappa shape index (κ2) is 15.2. The van der Waals surface area contributed by atoms with E-state index in [0.717, 1.165) is 73.2 Å². The minimum atomic E-state index is -0.146. The zero-order valence-corrected chi connectivity index (χ0v) is 27.6. The summed E-state index contributed by atoms with van der Waals surface area (Å²) in [6.07, 6.45) is 15.9. The average molecular weight is 574 g/mol. The van der Waals surface area contributed by atoms with Gasteiger partial charge in [-0.15, -0.1) is 0 Å². The lowest BCUT2D eigenvalue weighted by Crippen LogP contribution is -2.36. The lowest BCUT2D eigenvalue weighted by Gasteiger charge is -2.37. The molecule has 0 saturated carbocycles. The summed E-state index contributed by atoms with van der Waals surface area (Å²) in [6.45, 7) is 15.6. The number of fused-ring (bicyclic) bond motifs is 1. The molecule has 1 aliphatic heterocycles. The molecule has 1 atom stereocenters. The molecule has 0 saturated heterocycles. The van der Waals surface area contributed by atoms with Gasteiger partial charge in [-0.1, -0.05) is 95.6 Å². The van der Waals surface area contributed by atoms with Crippen molar-refractivity contribution in [2.75, 3.05) is 0 Å². The van der Waals surface area contributed by atoms with Gasteiger partial charge in [0.05, 0.1) is 11.4 Å². The maximum Gasteiger partial charge on any atom is 0.126 e. The van der Waals surface area contributed by atoms with Gasteiger partial charge in [0.2, 0.25) is 0 Å². The largest absolute Gasteiger partial charge is 0.487 e. The lowest BCUT2D eigenvalue weighted by atomic mass is 9.86. The molecule has 3 aromatic carbocycles. The molecule has 1 unspecified atom stereocenters. The van der Waals surface area contributed by atoms with Gasteiger partial charge in [0, 0.05) is 11.1 Å². The summed E-state index contributed by atoms with van der Waals surface area (Å²) < 4.78 is 6.82. The van der Waals surface area contributed by atoms with Crippen LogP contribution >= 0.6 is 0 Å². The second-order valence-corrected chi connectivity index (χ2v) is 12.9. The standard InChI is InChI=1S/C41H51NO/c1-30(2)17-14-18-31(3)19-15-20-32(4)21-16-27-41(7)28-26-37-29-38(33(5)34(6)40(37)43-41)42-39(35-22-10-8-11-23-35)36-24-12-9-13-25-36/h8-13,17,19,21-25,29H,14-16,18,20,26-28H2,1-7H3/b31-19+,32-21+. The molecule has 3 aromatic rings. The monoisotopic (exact) mass is 573 g/mol. The Bertz CT molecular complexity index is 1440. The van der Waals surface area contributed by atoms with Crippen LogP contribution in [-0.4, -0.2) is 11.3 Å². The molecule has 2 nitrogen and oxygen atoms in total. The molecular weight excluding hydrogens is 522 g/mol. The number of hydrogen-bond acceptors (Lipinski definition) is 2. The van der Waals surface area contributed by atoms with Gasteiger partial charge in [-0.3, -0.25) is 0 Å². The summed E-state index contributed by atoms with van der Waals surface area (Å²) in [5, 5.41) is 0. The number of benzene rings is 3. The van der Waals surface area contributed by atoms with E-state index in [2.05, 4.69) is 133 Å². The van der Waals surface area contributed by atoms with Crippen LogP contribution in [0.15, 0.2) is 107 Å². The SMILES string of the molecule is CC(C)=CCC/C(C)=C/CC/C(C)=C/CCC1(C)CCc2cc(N=C(c3ccccc3)c3ccccc3)c(C)c(C)c2O1. The van der Waals surface area contributed by atoms with E-state index in [1.54, 1.807) is 0 Å². The fourth-order valence-electron chi connectivity index (χ4n) is 5.83. The Balaban J connectivity index is 1.43. The third-order valence-corrected chi connectivity index (χ3v) is 8.78. The summed E-state index contributed by atoms with van der Waals surface area (Å²) in [5.74, 6) is 1.07. The van der Waals surface area contributed by atoms with Crippen molar-refractivity contribution in [3.05, 3.63) is 129 Å². The Kier molecular flexibility index (Phi) is 11.4. The number of rotatable bonds is 12. The van der Waals surface area contributed by atoms with E-state index in [1.807, 2.05) is 0 Å². The molecule has 4 rings (SSSR count). The Morgan fingerprint density at radius 1 is 0.767 bits per heavy atom. The van der Waals surface area contributed by atoms with Crippen molar-refractivity contribution in [2.45, 2.75) is 105 Å². The van der Waals surface area contributed by atoms with Crippen molar-refractivity contribution in [1.29, 1.82) is 0 Å². The molecule has 0 aliphatic carbocycles. The molecular formula is C41H51NO. The van der Waals surface area contributed by atoms with Gasteiger partial charge >= 0.3 is 0 Å². The summed E-state index contributed by atoms with van der Waals surface area (Å²) >= 11 is 0. The van der Waals surface area contributed by atoms with Gasteiger partial charge in [0.15, 0.2) is 0 Å². The Morgan fingerprint density at radius 3 is 1.91 bits per heavy atom. The van der Waals surface area contributed by atoms with Crippen molar-refractivity contribution in [3.63, 3.8) is 0 Å². The van der Waals surface area contributed by atoms with Crippen molar-refractivity contribution < 1.29 is 4.74 Å². The molecule has 1 heterocycles. The average Bonchev–Trinajstić information content (AvgIpc) is 2.99. The number of aryl methyl sites for hydroxylation is 1. The van der Waals surface area contributed by atoms with Gasteiger partial charge in [-0.2, -0.15) is 0 Å². The van der Waals surface area contributed by atoms with Gasteiger partial charge in [0.1, 0.15) is 11.4 Å². The zero-order chi connectivity index (χ0) is 30.8. The molecule has 2 heteroatoms. The molecule has 43 heavy (non-hydrogen) atoms. The van der Waals surface area contributed by atoms with E-state index >= 15 is 0 Å². The van der Waals surface area contributed by atoms with Crippen LogP contribution < -0.4 is 4.74 Å². The smallest absolute Gasteiger partial charge is 0.126 e. The van der Waals surface area contributed by atoms with Crippen LogP contribution in [0.2, 0.25) is 0 Å². The molecule has 0 bridgehead atoms. The molecule has 1 aliphatic rings. The number of allylic oxidation sites excluding steroid dienone is 6. The van der Waals surface area contributed by atoms with E-state index in [0.29, 0.717) is 0 Å². The molecule has 0 aromatic heterocycles. The van der Waals surface area contributed by atoms with Gasteiger partial charge in [-0.05, 0) is 123 Å². The fourth-order valence-corrected chi connectivity index (χ4v) is 5.83. The third-order valence-electron chi connectivity index (χ3n) is 8.78. The van der Waals surface area contributed by atoms with Crippen LogP contribution in [0.3, 0.4) is 0 Å². The highest BCUT2D eigenvalue weighted by atomic mass is 16.5. The molecule has 0 spiro atoms.